The Hall–Kier alpha value is -2.35. The Kier molecular flexibility index (Phi) is 11.5. The van der Waals surface area contributed by atoms with Gasteiger partial charge in [-0.1, -0.05) is 83.0 Å². The predicted molar refractivity (Wildman–Crippen MR) is 154 cm³/mol. The van der Waals surface area contributed by atoms with Crippen molar-refractivity contribution in [1.29, 1.82) is 0 Å². The lowest BCUT2D eigenvalue weighted by Crippen LogP contribution is -2.52. The molecule has 2 atom stereocenters. The van der Waals surface area contributed by atoms with Gasteiger partial charge >= 0.3 is 0 Å². The molecule has 0 spiro atoms. The van der Waals surface area contributed by atoms with Crippen LogP contribution in [0, 0.1) is 5.82 Å². The summed E-state index contributed by atoms with van der Waals surface area (Å²) in [5, 5.41) is 3.40. The number of carbonyl (C=O) groups is 2. The molecule has 4 nitrogen and oxygen atoms in total. The molecule has 0 unspecified atom stereocenters. The first-order valence-corrected chi connectivity index (χ1v) is 14.5. The number of rotatable bonds is 12. The van der Waals surface area contributed by atoms with Crippen LogP contribution in [0.25, 0.3) is 0 Å². The minimum Gasteiger partial charge on any atom is -0.352 e. The number of hydrogen-bond donors (Lipinski definition) is 1. The molecule has 8 heteroatoms. The molecule has 3 aromatic rings. The van der Waals surface area contributed by atoms with Crippen LogP contribution in [0.3, 0.4) is 0 Å². The van der Waals surface area contributed by atoms with Crippen LogP contribution < -0.4 is 5.32 Å². The summed E-state index contributed by atoms with van der Waals surface area (Å²) in [4.78, 5) is 28.8. The van der Waals surface area contributed by atoms with Crippen LogP contribution in [-0.2, 0) is 28.3 Å². The standard InChI is InChI=1S/C29H31BrClFN2O2S/c1-3-20(2)33-29(36)27(16-21-9-5-4-6-10-21)34(17-22-11-7-12-23(30)15-22)28(35)19-37-18-24-25(31)13-8-14-26(24)32/h4-15,20,27H,3,16-19H2,1-2H3,(H,33,36)/t20-,27+/m1/s1. The number of halogens is 3. The zero-order valence-corrected chi connectivity index (χ0v) is 24.1. The summed E-state index contributed by atoms with van der Waals surface area (Å²) in [5.41, 5.74) is 2.24. The molecule has 0 aliphatic carbocycles. The molecule has 0 radical (unpaired) electrons. The zero-order valence-electron chi connectivity index (χ0n) is 20.9. The van der Waals surface area contributed by atoms with Crippen molar-refractivity contribution in [1.82, 2.24) is 10.2 Å². The Balaban J connectivity index is 1.88. The SMILES string of the molecule is CC[C@@H](C)NC(=O)[C@H](Cc1ccccc1)N(Cc1cccc(Br)c1)C(=O)CSCc1c(F)cccc1Cl. The van der Waals surface area contributed by atoms with Gasteiger partial charge in [0, 0.05) is 39.8 Å². The average Bonchev–Trinajstić information content (AvgIpc) is 2.88. The van der Waals surface area contributed by atoms with E-state index in [1.54, 1.807) is 17.0 Å². The second-order valence-electron chi connectivity index (χ2n) is 8.87. The van der Waals surface area contributed by atoms with Gasteiger partial charge in [0.2, 0.25) is 11.8 Å². The van der Waals surface area contributed by atoms with Crippen LogP contribution in [0.5, 0.6) is 0 Å². The number of nitrogens with zero attached hydrogens (tertiary/aromatic N) is 1. The fraction of sp³-hybridized carbons (Fsp3) is 0.310. The van der Waals surface area contributed by atoms with E-state index in [1.807, 2.05) is 68.4 Å². The normalized spacial score (nSPS) is 12.6. The second-order valence-corrected chi connectivity index (χ2v) is 11.2. The number of hydrogen-bond acceptors (Lipinski definition) is 3. The highest BCUT2D eigenvalue weighted by Crippen LogP contribution is 2.25. The summed E-state index contributed by atoms with van der Waals surface area (Å²) in [6, 6.07) is 21.2. The fourth-order valence-corrected chi connectivity index (χ4v) is 5.52. The van der Waals surface area contributed by atoms with Gasteiger partial charge in [-0.3, -0.25) is 9.59 Å². The van der Waals surface area contributed by atoms with Crippen LogP contribution in [0.2, 0.25) is 5.02 Å². The molecule has 2 amide bonds. The highest BCUT2D eigenvalue weighted by Gasteiger charge is 2.31. The summed E-state index contributed by atoms with van der Waals surface area (Å²) >= 11 is 10.9. The van der Waals surface area contributed by atoms with Crippen molar-refractivity contribution in [2.75, 3.05) is 5.75 Å². The number of benzene rings is 3. The Morgan fingerprint density at radius 2 is 1.76 bits per heavy atom. The first-order valence-electron chi connectivity index (χ1n) is 12.2. The number of thioether (sulfide) groups is 1. The van der Waals surface area contributed by atoms with Gasteiger partial charge < -0.3 is 10.2 Å². The summed E-state index contributed by atoms with van der Waals surface area (Å²) in [6.07, 6.45) is 1.16. The third kappa shape index (κ3) is 8.87. The maximum atomic E-state index is 14.2. The monoisotopic (exact) mass is 604 g/mol. The summed E-state index contributed by atoms with van der Waals surface area (Å²) in [5.74, 6) is -0.444. The van der Waals surface area contributed by atoms with Gasteiger partial charge in [0.1, 0.15) is 11.9 Å². The minimum atomic E-state index is -0.708. The predicted octanol–water partition coefficient (Wildman–Crippen LogP) is 7.03. The molecule has 0 fully saturated rings. The minimum absolute atomic E-state index is 0.0221. The van der Waals surface area contributed by atoms with Gasteiger partial charge in [-0.25, -0.2) is 4.39 Å². The van der Waals surface area contributed by atoms with E-state index in [0.717, 1.165) is 22.0 Å². The maximum absolute atomic E-state index is 14.2. The van der Waals surface area contributed by atoms with E-state index in [0.29, 0.717) is 17.0 Å². The molecule has 1 N–H and O–H groups in total. The Bertz CT molecular complexity index is 1180. The van der Waals surface area contributed by atoms with Gasteiger partial charge in [0.15, 0.2) is 0 Å². The third-order valence-corrected chi connectivity index (χ3v) is 7.84. The quantitative estimate of drug-likeness (QED) is 0.241. The van der Waals surface area contributed by atoms with E-state index in [4.69, 9.17) is 11.6 Å². The van der Waals surface area contributed by atoms with E-state index in [-0.39, 0.29) is 35.9 Å². The molecule has 0 saturated heterocycles. The Morgan fingerprint density at radius 3 is 2.43 bits per heavy atom. The van der Waals surface area contributed by atoms with Gasteiger partial charge in [-0.05, 0) is 48.7 Å². The molecule has 0 heterocycles. The molecule has 0 aliphatic rings. The largest absolute Gasteiger partial charge is 0.352 e. The molecular weight excluding hydrogens is 575 g/mol. The number of amides is 2. The summed E-state index contributed by atoms with van der Waals surface area (Å²) in [7, 11) is 0. The van der Waals surface area contributed by atoms with Gasteiger partial charge in [-0.15, -0.1) is 11.8 Å². The van der Waals surface area contributed by atoms with E-state index >= 15 is 0 Å². The topological polar surface area (TPSA) is 49.4 Å². The molecule has 37 heavy (non-hydrogen) atoms. The van der Waals surface area contributed by atoms with E-state index in [2.05, 4.69) is 21.2 Å². The van der Waals surface area contributed by atoms with Crippen molar-refractivity contribution >= 4 is 51.1 Å². The van der Waals surface area contributed by atoms with Crippen molar-refractivity contribution in [2.24, 2.45) is 0 Å². The second kappa shape index (κ2) is 14.6. The lowest BCUT2D eigenvalue weighted by molar-refractivity contribution is -0.139. The van der Waals surface area contributed by atoms with Crippen molar-refractivity contribution in [3.05, 3.63) is 105 Å². The van der Waals surface area contributed by atoms with Gasteiger partial charge in [-0.2, -0.15) is 0 Å². The van der Waals surface area contributed by atoms with Crippen LogP contribution in [0.15, 0.2) is 77.3 Å². The first kappa shape index (κ1) is 29.2. The summed E-state index contributed by atoms with van der Waals surface area (Å²) in [6.45, 7) is 4.22. The van der Waals surface area contributed by atoms with Crippen molar-refractivity contribution in [3.63, 3.8) is 0 Å². The van der Waals surface area contributed by atoms with E-state index in [9.17, 15) is 14.0 Å². The highest BCUT2D eigenvalue weighted by atomic mass is 79.9. The van der Waals surface area contributed by atoms with Crippen LogP contribution in [0.4, 0.5) is 4.39 Å². The van der Waals surface area contributed by atoms with Crippen LogP contribution >= 0.6 is 39.3 Å². The van der Waals surface area contributed by atoms with E-state index < -0.39 is 11.9 Å². The van der Waals surface area contributed by atoms with Crippen molar-refractivity contribution < 1.29 is 14.0 Å². The Labute approximate surface area is 236 Å². The smallest absolute Gasteiger partial charge is 0.243 e. The van der Waals surface area contributed by atoms with Crippen molar-refractivity contribution in [2.45, 2.75) is 51.1 Å². The molecular formula is C29H31BrClFN2O2S. The lowest BCUT2D eigenvalue weighted by atomic mass is 10.0. The molecule has 196 valence electrons. The zero-order chi connectivity index (χ0) is 26.8. The average molecular weight is 606 g/mol. The van der Waals surface area contributed by atoms with Crippen LogP contribution in [0.1, 0.15) is 37.0 Å². The first-order chi connectivity index (χ1) is 17.8. The number of nitrogens with one attached hydrogen (secondary N) is 1. The maximum Gasteiger partial charge on any atom is 0.243 e. The van der Waals surface area contributed by atoms with Crippen molar-refractivity contribution in [3.8, 4) is 0 Å². The summed E-state index contributed by atoms with van der Waals surface area (Å²) < 4.78 is 15.1. The lowest BCUT2D eigenvalue weighted by Gasteiger charge is -2.32. The van der Waals surface area contributed by atoms with E-state index in [1.165, 1.54) is 17.8 Å². The molecule has 3 rings (SSSR count). The van der Waals surface area contributed by atoms with Gasteiger partial charge in [0.05, 0.1) is 5.75 Å². The fourth-order valence-electron chi connectivity index (χ4n) is 3.82. The van der Waals surface area contributed by atoms with Gasteiger partial charge in [0.25, 0.3) is 0 Å². The molecule has 0 bridgehead atoms. The van der Waals surface area contributed by atoms with Crippen LogP contribution in [-0.4, -0.2) is 34.6 Å². The number of carbonyl (C=O) groups excluding carboxylic acids is 2. The molecule has 0 aliphatic heterocycles. The Morgan fingerprint density at radius 1 is 1.05 bits per heavy atom. The molecule has 3 aromatic carbocycles. The molecule has 0 aromatic heterocycles. The molecule has 0 saturated carbocycles. The highest BCUT2D eigenvalue weighted by molar-refractivity contribution is 9.10. The third-order valence-electron chi connectivity index (χ3n) is 6.05.